The molecule has 1 unspecified atom stereocenters. The van der Waals surface area contributed by atoms with Crippen LogP contribution < -0.4 is 21.1 Å². The zero-order chi connectivity index (χ0) is 18.7. The highest BCUT2D eigenvalue weighted by atomic mass is 127. The molecule has 0 radical (unpaired) electrons. The van der Waals surface area contributed by atoms with Crippen molar-refractivity contribution in [2.45, 2.75) is 52.7 Å². The van der Waals surface area contributed by atoms with Crippen LogP contribution in [0.1, 0.15) is 52.6 Å². The first kappa shape index (κ1) is 22.5. The van der Waals surface area contributed by atoms with E-state index in [1.807, 2.05) is 25.1 Å². The van der Waals surface area contributed by atoms with Crippen molar-refractivity contribution in [2.24, 2.45) is 16.1 Å². The van der Waals surface area contributed by atoms with Crippen LogP contribution in [0.25, 0.3) is 0 Å². The smallest absolute Gasteiger partial charge is 0.224 e. The molecule has 0 aliphatic carbocycles. The fraction of sp³-hybridized carbons (Fsp3) is 0.579. The minimum atomic E-state index is -0.685. The number of para-hydroxylation sites is 1. The molecule has 7 heteroatoms. The maximum Gasteiger partial charge on any atom is 0.224 e. The Kier molecular flexibility index (Phi) is 7.73. The largest absolute Gasteiger partial charge is 0.487 e. The average molecular weight is 474 g/mol. The first-order valence-electron chi connectivity index (χ1n) is 8.77. The number of nitrogens with two attached hydrogens (primary N) is 1. The molecule has 1 amide bonds. The van der Waals surface area contributed by atoms with Crippen LogP contribution in [0.15, 0.2) is 29.3 Å². The minimum Gasteiger partial charge on any atom is -0.487 e. The molecule has 4 N–H and O–H groups in total. The second-order valence-electron chi connectivity index (χ2n) is 7.74. The van der Waals surface area contributed by atoms with Crippen molar-refractivity contribution in [2.75, 3.05) is 13.1 Å². The number of benzene rings is 1. The summed E-state index contributed by atoms with van der Waals surface area (Å²) in [7, 11) is 0. The van der Waals surface area contributed by atoms with Gasteiger partial charge in [-0.15, -0.1) is 24.0 Å². The van der Waals surface area contributed by atoms with E-state index in [2.05, 4.69) is 35.5 Å². The summed E-state index contributed by atoms with van der Waals surface area (Å²) in [6, 6.07) is 8.13. The number of guanidine groups is 1. The van der Waals surface area contributed by atoms with E-state index >= 15 is 0 Å². The van der Waals surface area contributed by atoms with E-state index in [1.54, 1.807) is 13.8 Å². The molecule has 0 spiro atoms. The second kappa shape index (κ2) is 8.92. The Morgan fingerprint density at radius 2 is 2.04 bits per heavy atom. The van der Waals surface area contributed by atoms with E-state index in [4.69, 9.17) is 10.5 Å². The second-order valence-corrected chi connectivity index (χ2v) is 7.74. The van der Waals surface area contributed by atoms with Gasteiger partial charge in [-0.2, -0.15) is 0 Å². The Morgan fingerprint density at radius 1 is 1.38 bits per heavy atom. The number of carbonyl (C=O) groups excluding carboxylic acids is 1. The summed E-state index contributed by atoms with van der Waals surface area (Å²) < 4.78 is 6.08. The highest BCUT2D eigenvalue weighted by molar-refractivity contribution is 14.0. The number of fused-ring (bicyclic) bond motifs is 1. The van der Waals surface area contributed by atoms with E-state index in [0.717, 1.165) is 24.3 Å². The van der Waals surface area contributed by atoms with Crippen LogP contribution in [0, 0.1) is 5.41 Å². The van der Waals surface area contributed by atoms with Crippen LogP contribution in [0.3, 0.4) is 0 Å². The van der Waals surface area contributed by atoms with Gasteiger partial charge in [0.1, 0.15) is 11.4 Å². The SMILES string of the molecule is CCNC(=NCC(C)(C)C(N)=O)NC1CC(C)(C)Oc2ccccc21.I. The lowest BCUT2D eigenvalue weighted by molar-refractivity contribution is -0.125. The Labute approximate surface area is 173 Å². The Balaban J connectivity index is 0.00000338. The minimum absolute atomic E-state index is 0. The Hall–Kier alpha value is -1.51. The number of rotatable bonds is 5. The van der Waals surface area contributed by atoms with E-state index < -0.39 is 5.41 Å². The van der Waals surface area contributed by atoms with E-state index in [-0.39, 0.29) is 41.5 Å². The quantitative estimate of drug-likeness (QED) is 0.348. The number of halogens is 1. The van der Waals surface area contributed by atoms with Gasteiger partial charge in [0, 0.05) is 18.5 Å². The summed E-state index contributed by atoms with van der Waals surface area (Å²) in [6.45, 7) is 10.8. The number of nitrogens with zero attached hydrogens (tertiary/aromatic N) is 1. The molecule has 0 bridgehead atoms. The fourth-order valence-electron chi connectivity index (χ4n) is 2.77. The molecule has 146 valence electrons. The molecule has 1 aromatic rings. The summed E-state index contributed by atoms with van der Waals surface area (Å²) in [5.74, 6) is 1.21. The number of hydrogen-bond donors (Lipinski definition) is 3. The molecule has 0 saturated carbocycles. The number of amides is 1. The molecule has 26 heavy (non-hydrogen) atoms. The van der Waals surface area contributed by atoms with Crippen molar-refractivity contribution in [1.82, 2.24) is 10.6 Å². The number of primary amides is 1. The maximum absolute atomic E-state index is 11.5. The zero-order valence-corrected chi connectivity index (χ0v) is 18.6. The van der Waals surface area contributed by atoms with Gasteiger partial charge in [0.15, 0.2) is 5.96 Å². The normalized spacial score (nSPS) is 18.8. The fourth-order valence-corrected chi connectivity index (χ4v) is 2.77. The highest BCUT2D eigenvalue weighted by Gasteiger charge is 2.34. The number of carbonyl (C=O) groups is 1. The zero-order valence-electron chi connectivity index (χ0n) is 16.3. The molecule has 1 atom stereocenters. The maximum atomic E-state index is 11.5. The number of hydrogen-bond acceptors (Lipinski definition) is 3. The molecule has 1 aliphatic rings. The van der Waals surface area contributed by atoms with Gasteiger partial charge < -0.3 is 21.1 Å². The van der Waals surface area contributed by atoms with Gasteiger partial charge in [0.2, 0.25) is 5.91 Å². The Bertz CT molecular complexity index is 659. The van der Waals surface area contributed by atoms with Gasteiger partial charge in [0.25, 0.3) is 0 Å². The monoisotopic (exact) mass is 474 g/mol. The van der Waals surface area contributed by atoms with Crippen molar-refractivity contribution in [1.29, 1.82) is 0 Å². The first-order chi connectivity index (χ1) is 11.6. The molecule has 0 saturated heterocycles. The van der Waals surface area contributed by atoms with Crippen LogP contribution in [-0.4, -0.2) is 30.6 Å². The molecular weight excluding hydrogens is 443 g/mol. The molecule has 2 rings (SSSR count). The van der Waals surface area contributed by atoms with E-state index in [0.29, 0.717) is 12.5 Å². The molecule has 1 aromatic carbocycles. The van der Waals surface area contributed by atoms with Crippen LogP contribution in [-0.2, 0) is 4.79 Å². The topological polar surface area (TPSA) is 88.7 Å². The van der Waals surface area contributed by atoms with Gasteiger partial charge in [-0.1, -0.05) is 18.2 Å². The van der Waals surface area contributed by atoms with Crippen LogP contribution >= 0.6 is 24.0 Å². The van der Waals surface area contributed by atoms with Gasteiger partial charge in [-0.25, -0.2) is 0 Å². The molecule has 6 nitrogen and oxygen atoms in total. The van der Waals surface area contributed by atoms with Gasteiger partial charge in [-0.3, -0.25) is 9.79 Å². The van der Waals surface area contributed by atoms with Crippen molar-refractivity contribution in [3.05, 3.63) is 29.8 Å². The standard InChI is InChI=1S/C19H30N4O2.HI/c1-6-21-17(22-12-18(2,3)16(20)24)23-14-11-19(4,5)25-15-10-8-7-9-13(14)15;/h7-10,14H,6,11-12H2,1-5H3,(H2,20,24)(H2,21,22,23);1H. The molecule has 1 aliphatic heterocycles. The summed E-state index contributed by atoms with van der Waals surface area (Å²) in [6.07, 6.45) is 0.813. The van der Waals surface area contributed by atoms with E-state index in [1.165, 1.54) is 0 Å². The predicted octanol–water partition coefficient (Wildman–Crippen LogP) is 2.97. The van der Waals surface area contributed by atoms with Crippen molar-refractivity contribution in [3.63, 3.8) is 0 Å². The summed E-state index contributed by atoms with van der Waals surface area (Å²) >= 11 is 0. The number of nitrogens with one attached hydrogen (secondary N) is 2. The van der Waals surface area contributed by atoms with Crippen molar-refractivity contribution >= 4 is 35.8 Å². The lowest BCUT2D eigenvalue weighted by atomic mass is 9.90. The molecule has 1 heterocycles. The molecular formula is C19H31IN4O2. The highest BCUT2D eigenvalue weighted by Crippen LogP contribution is 2.39. The van der Waals surface area contributed by atoms with Crippen LogP contribution in [0.5, 0.6) is 5.75 Å². The van der Waals surface area contributed by atoms with Crippen molar-refractivity contribution in [3.8, 4) is 5.75 Å². The third kappa shape index (κ3) is 5.75. The summed E-state index contributed by atoms with van der Waals surface area (Å²) in [5.41, 5.74) is 5.61. The molecule has 0 aromatic heterocycles. The third-order valence-electron chi connectivity index (χ3n) is 4.33. The van der Waals surface area contributed by atoms with Gasteiger partial charge >= 0.3 is 0 Å². The third-order valence-corrected chi connectivity index (χ3v) is 4.33. The van der Waals surface area contributed by atoms with Crippen LogP contribution in [0.4, 0.5) is 0 Å². The van der Waals surface area contributed by atoms with Crippen LogP contribution in [0.2, 0.25) is 0 Å². The van der Waals surface area contributed by atoms with Gasteiger partial charge in [-0.05, 0) is 40.7 Å². The van der Waals surface area contributed by atoms with Gasteiger partial charge in [0.05, 0.1) is 18.0 Å². The molecule has 0 fully saturated rings. The predicted molar refractivity (Wildman–Crippen MR) is 116 cm³/mol. The summed E-state index contributed by atoms with van der Waals surface area (Å²) in [5, 5.41) is 6.73. The van der Waals surface area contributed by atoms with E-state index in [9.17, 15) is 4.79 Å². The number of aliphatic imine (C=N–C) groups is 1. The number of ether oxygens (including phenoxy) is 1. The lowest BCUT2D eigenvalue weighted by Crippen LogP contribution is -2.46. The first-order valence-corrected chi connectivity index (χ1v) is 8.77. The average Bonchev–Trinajstić information content (AvgIpc) is 2.51. The van der Waals surface area contributed by atoms with Crippen molar-refractivity contribution < 1.29 is 9.53 Å². The lowest BCUT2D eigenvalue weighted by Gasteiger charge is -2.38. The Morgan fingerprint density at radius 3 is 2.65 bits per heavy atom. The summed E-state index contributed by atoms with van der Waals surface area (Å²) in [4.78, 5) is 16.1.